The van der Waals surface area contributed by atoms with Gasteiger partial charge < -0.3 is 5.32 Å². The van der Waals surface area contributed by atoms with E-state index in [2.05, 4.69) is 17.0 Å². The predicted octanol–water partition coefficient (Wildman–Crippen LogP) is 11.6. The van der Waals surface area contributed by atoms with E-state index in [1.165, 1.54) is 81.9 Å². The summed E-state index contributed by atoms with van der Waals surface area (Å²) >= 11 is 0. The normalized spacial score (nSPS) is 17.8. The molecule has 2 atom stereocenters. The van der Waals surface area contributed by atoms with Gasteiger partial charge in [0.05, 0.1) is 10.8 Å². The number of aryl methyl sites for hydroxylation is 1. The predicted molar refractivity (Wildman–Crippen MR) is 207 cm³/mol. The number of alkyl halides is 3. The van der Waals surface area contributed by atoms with Gasteiger partial charge in [-0.2, -0.15) is 13.2 Å². The summed E-state index contributed by atoms with van der Waals surface area (Å²) in [6.07, 6.45) is 20.3. The molecule has 4 nitrogen and oxygen atoms in total. The van der Waals surface area contributed by atoms with Gasteiger partial charge in [0.25, 0.3) is 0 Å². The second-order valence-corrected chi connectivity index (χ2v) is 17.7. The summed E-state index contributed by atoms with van der Waals surface area (Å²) in [7, 11) is -3.32. The fourth-order valence-corrected chi connectivity index (χ4v) is 9.71. The highest BCUT2D eigenvalue weighted by molar-refractivity contribution is 7.90. The first kappa shape index (κ1) is 42.8. The van der Waals surface area contributed by atoms with Gasteiger partial charge in [0, 0.05) is 6.54 Å². The molecule has 0 bridgehead atoms. The maximum Gasteiger partial charge on any atom is 0.416 e. The van der Waals surface area contributed by atoms with Crippen LogP contribution >= 0.6 is 0 Å². The van der Waals surface area contributed by atoms with Gasteiger partial charge in [-0.25, -0.2) is 17.5 Å². The molecule has 52 heavy (non-hydrogen) atoms. The van der Waals surface area contributed by atoms with Crippen LogP contribution in [0.1, 0.15) is 169 Å². The van der Waals surface area contributed by atoms with Gasteiger partial charge in [0.1, 0.15) is 5.82 Å². The molecule has 2 unspecified atom stereocenters. The Balaban J connectivity index is 1.20. The third-order valence-electron chi connectivity index (χ3n) is 11.5. The number of fused-ring (bicyclic) bond motifs is 1. The van der Waals surface area contributed by atoms with Crippen molar-refractivity contribution in [3.8, 4) is 0 Å². The van der Waals surface area contributed by atoms with Crippen LogP contribution in [-0.2, 0) is 35.5 Å². The number of hydrogen-bond acceptors (Lipinski definition) is 3. The van der Waals surface area contributed by atoms with Crippen LogP contribution in [-0.4, -0.2) is 33.3 Å². The van der Waals surface area contributed by atoms with Crippen molar-refractivity contribution < 1.29 is 26.0 Å². The fraction of sp³-hybridized carbons (Fsp3) is 0.721. The summed E-state index contributed by atoms with van der Waals surface area (Å²) in [5, 5.41) is 3.45. The van der Waals surface area contributed by atoms with Gasteiger partial charge in [0.2, 0.25) is 10.0 Å². The van der Waals surface area contributed by atoms with Crippen molar-refractivity contribution in [3.63, 3.8) is 0 Å². The Bertz CT molecular complexity index is 1430. The Morgan fingerprint density at radius 3 is 2.08 bits per heavy atom. The molecule has 2 aliphatic carbocycles. The van der Waals surface area contributed by atoms with Crippen molar-refractivity contribution in [2.75, 3.05) is 19.6 Å². The average molecular weight is 751 g/mol. The molecule has 0 saturated heterocycles. The van der Waals surface area contributed by atoms with Crippen molar-refractivity contribution in [1.82, 2.24) is 10.0 Å². The van der Waals surface area contributed by atoms with E-state index in [0.717, 1.165) is 88.1 Å². The number of rotatable bonds is 27. The lowest BCUT2D eigenvalue weighted by Crippen LogP contribution is -2.39. The van der Waals surface area contributed by atoms with E-state index < -0.39 is 21.8 Å². The molecule has 4 rings (SSSR count). The van der Waals surface area contributed by atoms with Crippen LogP contribution in [0.3, 0.4) is 0 Å². The van der Waals surface area contributed by atoms with Gasteiger partial charge in [0.15, 0.2) is 0 Å². The Labute approximate surface area is 312 Å². The third-order valence-corrected chi connectivity index (χ3v) is 13.5. The fourth-order valence-electron chi connectivity index (χ4n) is 8.13. The highest BCUT2D eigenvalue weighted by atomic mass is 32.2. The molecular formula is C43H66F4N2O2S. The number of nitrogens with one attached hydrogen (secondary N) is 2. The smallest absolute Gasteiger partial charge is 0.316 e. The van der Waals surface area contributed by atoms with Crippen LogP contribution in [0, 0.1) is 11.7 Å². The molecule has 0 spiro atoms. The monoisotopic (exact) mass is 750 g/mol. The van der Waals surface area contributed by atoms with E-state index in [0.29, 0.717) is 43.1 Å². The zero-order valence-electron chi connectivity index (χ0n) is 31.8. The molecule has 0 heterocycles. The van der Waals surface area contributed by atoms with Crippen molar-refractivity contribution in [2.45, 2.75) is 172 Å². The molecule has 1 saturated carbocycles. The van der Waals surface area contributed by atoms with Gasteiger partial charge >= 0.3 is 6.18 Å². The molecule has 0 aromatic heterocycles. The number of hydrogen-bond donors (Lipinski definition) is 2. The van der Waals surface area contributed by atoms with E-state index in [9.17, 15) is 21.6 Å². The first-order valence-electron chi connectivity index (χ1n) is 20.7. The van der Waals surface area contributed by atoms with Crippen LogP contribution < -0.4 is 10.0 Å². The maximum absolute atomic E-state index is 15.3. The SMILES string of the molecule is CCCCCCCCCCNCC1Cc2cc(F)c(CCNS(=O)(=O)C3CCC3)cc2C1CCCCCCCCCCc1cccc(C(F)(F)F)c1. The van der Waals surface area contributed by atoms with Crippen LogP contribution in [0.5, 0.6) is 0 Å². The first-order chi connectivity index (χ1) is 25.1. The second-order valence-electron chi connectivity index (χ2n) is 15.7. The van der Waals surface area contributed by atoms with Gasteiger partial charge in [-0.15, -0.1) is 0 Å². The highest BCUT2D eigenvalue weighted by Crippen LogP contribution is 2.42. The molecular weight excluding hydrogens is 685 g/mol. The summed E-state index contributed by atoms with van der Waals surface area (Å²) in [5.41, 5.74) is 3.18. The molecule has 0 radical (unpaired) electrons. The summed E-state index contributed by atoms with van der Waals surface area (Å²) in [6.45, 7) is 4.45. The minimum absolute atomic E-state index is 0.220. The van der Waals surface area contributed by atoms with Gasteiger partial charge in [-0.1, -0.05) is 128 Å². The van der Waals surface area contributed by atoms with Gasteiger partial charge in [-0.05, 0) is 111 Å². The molecule has 1 fully saturated rings. The Kier molecular flexibility index (Phi) is 18.4. The second kappa shape index (κ2) is 22.4. The van der Waals surface area contributed by atoms with Crippen molar-refractivity contribution >= 4 is 10.0 Å². The summed E-state index contributed by atoms with van der Waals surface area (Å²) < 4.78 is 82.0. The topological polar surface area (TPSA) is 58.2 Å². The largest absolute Gasteiger partial charge is 0.416 e. The standard InChI is InChI=1S/C43H66F4N2O2S/c1-2-3-4-5-6-11-14-17-27-48-33-37-30-36-32-42(44)35(26-28-49-52(50,51)39-23-19-24-39)31-41(36)40(37)25-16-13-10-8-7-9-12-15-20-34-21-18-22-38(29-34)43(45,46)47/h18,21-22,29,31-32,37,39-40,48-49H,2-17,19-20,23-28,30,33H2,1H3. The van der Waals surface area contributed by atoms with Gasteiger partial charge in [-0.3, -0.25) is 0 Å². The van der Waals surface area contributed by atoms with E-state index in [-0.39, 0.29) is 17.6 Å². The molecule has 2 aliphatic rings. The van der Waals surface area contributed by atoms with E-state index in [1.54, 1.807) is 12.1 Å². The summed E-state index contributed by atoms with van der Waals surface area (Å²) in [4.78, 5) is 0. The van der Waals surface area contributed by atoms with Crippen molar-refractivity contribution in [2.24, 2.45) is 5.92 Å². The number of halogens is 4. The number of unbranched alkanes of at least 4 members (excludes halogenated alkanes) is 14. The lowest BCUT2D eigenvalue weighted by atomic mass is 9.86. The Morgan fingerprint density at radius 1 is 0.769 bits per heavy atom. The minimum Gasteiger partial charge on any atom is -0.316 e. The Hall–Kier alpha value is -1.97. The van der Waals surface area contributed by atoms with E-state index >= 15 is 4.39 Å². The molecule has 9 heteroatoms. The van der Waals surface area contributed by atoms with Crippen molar-refractivity contribution in [3.05, 3.63) is 70.0 Å². The highest BCUT2D eigenvalue weighted by Gasteiger charge is 2.34. The lowest BCUT2D eigenvalue weighted by Gasteiger charge is -2.25. The number of sulfonamides is 1. The minimum atomic E-state index is -4.29. The average Bonchev–Trinajstić information content (AvgIpc) is 3.40. The maximum atomic E-state index is 15.3. The quantitative estimate of drug-likeness (QED) is 0.0706. The van der Waals surface area contributed by atoms with E-state index in [4.69, 9.17) is 0 Å². The zero-order valence-corrected chi connectivity index (χ0v) is 32.6. The molecule has 0 aliphatic heterocycles. The van der Waals surface area contributed by atoms with Crippen LogP contribution in [0.25, 0.3) is 0 Å². The Morgan fingerprint density at radius 2 is 1.42 bits per heavy atom. The third kappa shape index (κ3) is 14.4. The summed E-state index contributed by atoms with van der Waals surface area (Å²) in [6, 6.07) is 9.47. The lowest BCUT2D eigenvalue weighted by molar-refractivity contribution is -0.137. The van der Waals surface area contributed by atoms with Crippen LogP contribution in [0.2, 0.25) is 0 Å². The summed E-state index contributed by atoms with van der Waals surface area (Å²) in [5.74, 6) is 0.596. The van der Waals surface area contributed by atoms with E-state index in [1.807, 2.05) is 6.07 Å². The first-order valence-corrected chi connectivity index (χ1v) is 22.3. The van der Waals surface area contributed by atoms with Crippen LogP contribution in [0.4, 0.5) is 17.6 Å². The molecule has 2 aromatic rings. The van der Waals surface area contributed by atoms with Crippen molar-refractivity contribution in [1.29, 1.82) is 0 Å². The molecule has 2 aromatic carbocycles. The molecule has 294 valence electrons. The zero-order chi connectivity index (χ0) is 37.2. The van der Waals surface area contributed by atoms with Crippen LogP contribution in [0.15, 0.2) is 36.4 Å². The molecule has 0 amide bonds. The number of benzene rings is 2. The molecule has 2 N–H and O–H groups in total.